The van der Waals surface area contributed by atoms with Crippen molar-refractivity contribution in [3.05, 3.63) is 65.7 Å². The molecule has 8 heteroatoms. The van der Waals surface area contributed by atoms with Crippen LogP contribution in [-0.4, -0.2) is 35.2 Å². The van der Waals surface area contributed by atoms with Gasteiger partial charge in [0, 0.05) is 12.2 Å². The van der Waals surface area contributed by atoms with E-state index in [0.717, 1.165) is 5.56 Å². The summed E-state index contributed by atoms with van der Waals surface area (Å²) in [6.07, 6.45) is -0.570. The van der Waals surface area contributed by atoms with Crippen molar-refractivity contribution in [3.8, 4) is 0 Å². The number of anilines is 1. The molecule has 0 aromatic heterocycles. The van der Waals surface area contributed by atoms with E-state index in [-0.39, 0.29) is 6.54 Å². The Morgan fingerprint density at radius 1 is 1.03 bits per heavy atom. The van der Waals surface area contributed by atoms with E-state index in [9.17, 15) is 14.4 Å². The molecule has 4 N–H and O–H groups in total. The largest absolute Gasteiger partial charge is 0.444 e. The Kier molecular flexibility index (Phi) is 7.94. The van der Waals surface area contributed by atoms with E-state index >= 15 is 0 Å². The van der Waals surface area contributed by atoms with Crippen molar-refractivity contribution in [3.63, 3.8) is 0 Å². The molecule has 160 valence electrons. The molecule has 0 spiro atoms. The van der Waals surface area contributed by atoms with Crippen LogP contribution in [-0.2, 0) is 20.9 Å². The molecule has 0 aliphatic rings. The lowest BCUT2D eigenvalue weighted by Crippen LogP contribution is -2.41. The van der Waals surface area contributed by atoms with Gasteiger partial charge in [-0.1, -0.05) is 42.5 Å². The van der Waals surface area contributed by atoms with Crippen LogP contribution in [0.2, 0.25) is 0 Å². The summed E-state index contributed by atoms with van der Waals surface area (Å²) in [4.78, 5) is 36.2. The monoisotopic (exact) mass is 413 g/mol. The van der Waals surface area contributed by atoms with Crippen molar-refractivity contribution >= 4 is 23.6 Å². The van der Waals surface area contributed by atoms with Crippen LogP contribution >= 0.6 is 0 Å². The third kappa shape index (κ3) is 7.56. The lowest BCUT2D eigenvalue weighted by molar-refractivity contribution is -0.130. The van der Waals surface area contributed by atoms with Gasteiger partial charge in [-0.15, -0.1) is 0 Å². The van der Waals surface area contributed by atoms with E-state index in [1.54, 1.807) is 75.4 Å². The number of hydrogen-bond acceptors (Lipinski definition) is 5. The van der Waals surface area contributed by atoms with Crippen LogP contribution in [0.5, 0.6) is 0 Å². The standard InChI is InChI=1S/C22H27N3O5/c1-22(2,3)30-21(29)24-17-11-7-8-15(12-17)13-23-20(28)19(25-18(27)14-26)16-9-5-4-6-10-16/h4-12,19,26H,13-14H2,1-3H3,(H,23,28)(H,24,29)(H,25,27)/t19-/m1/s1. The van der Waals surface area contributed by atoms with Crippen LogP contribution in [0.1, 0.15) is 37.9 Å². The summed E-state index contributed by atoms with van der Waals surface area (Å²) in [5.74, 6) is -1.07. The van der Waals surface area contributed by atoms with Crippen molar-refractivity contribution in [2.24, 2.45) is 0 Å². The predicted octanol–water partition coefficient (Wildman–Crippen LogP) is 2.50. The molecule has 0 saturated carbocycles. The lowest BCUT2D eigenvalue weighted by atomic mass is 10.1. The maximum Gasteiger partial charge on any atom is 0.412 e. The fourth-order valence-corrected chi connectivity index (χ4v) is 2.62. The molecule has 0 saturated heterocycles. The maximum atomic E-state index is 12.7. The molecule has 30 heavy (non-hydrogen) atoms. The second-order valence-corrected chi connectivity index (χ2v) is 7.61. The molecule has 1 atom stereocenters. The minimum atomic E-state index is -0.936. The van der Waals surface area contributed by atoms with Gasteiger partial charge in [0.05, 0.1) is 0 Å². The fourth-order valence-electron chi connectivity index (χ4n) is 2.62. The zero-order chi connectivity index (χ0) is 22.1. The summed E-state index contributed by atoms with van der Waals surface area (Å²) in [6.45, 7) is 4.79. The summed E-state index contributed by atoms with van der Waals surface area (Å²) in [6, 6.07) is 14.8. The van der Waals surface area contributed by atoms with Crippen molar-refractivity contribution in [2.45, 2.75) is 39.0 Å². The predicted molar refractivity (Wildman–Crippen MR) is 113 cm³/mol. The summed E-state index contributed by atoms with van der Waals surface area (Å²) >= 11 is 0. The average molecular weight is 413 g/mol. The van der Waals surface area contributed by atoms with E-state index in [1.807, 2.05) is 0 Å². The molecule has 0 radical (unpaired) electrons. The Bertz CT molecular complexity index is 878. The Labute approximate surface area is 175 Å². The van der Waals surface area contributed by atoms with Gasteiger partial charge in [-0.25, -0.2) is 4.79 Å². The fraction of sp³-hybridized carbons (Fsp3) is 0.318. The van der Waals surface area contributed by atoms with Gasteiger partial charge in [-0.2, -0.15) is 0 Å². The highest BCUT2D eigenvalue weighted by atomic mass is 16.6. The van der Waals surface area contributed by atoms with Crippen LogP contribution in [0.15, 0.2) is 54.6 Å². The molecule has 2 rings (SSSR count). The molecule has 0 fully saturated rings. The summed E-state index contributed by atoms with van der Waals surface area (Å²) in [5, 5.41) is 16.9. The van der Waals surface area contributed by atoms with Crippen molar-refractivity contribution in [2.75, 3.05) is 11.9 Å². The number of amides is 3. The van der Waals surface area contributed by atoms with E-state index in [1.165, 1.54) is 0 Å². The molecule has 0 aliphatic carbocycles. The zero-order valence-corrected chi connectivity index (χ0v) is 17.3. The van der Waals surface area contributed by atoms with Gasteiger partial charge < -0.3 is 20.5 Å². The number of aliphatic hydroxyl groups is 1. The van der Waals surface area contributed by atoms with Gasteiger partial charge >= 0.3 is 6.09 Å². The van der Waals surface area contributed by atoms with Gasteiger partial charge in [0.15, 0.2) is 0 Å². The van der Waals surface area contributed by atoms with Crippen LogP contribution in [0.4, 0.5) is 10.5 Å². The van der Waals surface area contributed by atoms with E-state index in [2.05, 4.69) is 16.0 Å². The van der Waals surface area contributed by atoms with Crippen molar-refractivity contribution < 1.29 is 24.2 Å². The Hall–Kier alpha value is -3.39. The molecule has 3 amide bonds. The Balaban J connectivity index is 2.03. The topological polar surface area (TPSA) is 117 Å². The first-order valence-corrected chi connectivity index (χ1v) is 9.50. The second kappa shape index (κ2) is 10.4. The third-order valence-corrected chi connectivity index (χ3v) is 3.88. The second-order valence-electron chi connectivity index (χ2n) is 7.61. The molecule has 0 heterocycles. The van der Waals surface area contributed by atoms with Gasteiger partial charge in [-0.3, -0.25) is 14.9 Å². The van der Waals surface area contributed by atoms with Crippen LogP contribution in [0.3, 0.4) is 0 Å². The van der Waals surface area contributed by atoms with Gasteiger partial charge in [0.2, 0.25) is 11.8 Å². The molecule has 8 nitrogen and oxygen atoms in total. The van der Waals surface area contributed by atoms with Gasteiger partial charge in [0.25, 0.3) is 0 Å². The minimum Gasteiger partial charge on any atom is -0.444 e. The maximum absolute atomic E-state index is 12.7. The van der Waals surface area contributed by atoms with Crippen LogP contribution in [0.25, 0.3) is 0 Å². The van der Waals surface area contributed by atoms with E-state index in [0.29, 0.717) is 11.3 Å². The number of rotatable bonds is 7. The van der Waals surface area contributed by atoms with Gasteiger partial charge in [-0.05, 0) is 44.0 Å². The number of carbonyl (C=O) groups excluding carboxylic acids is 3. The Morgan fingerprint density at radius 2 is 1.73 bits per heavy atom. The number of carbonyl (C=O) groups is 3. The summed E-state index contributed by atoms with van der Waals surface area (Å²) < 4.78 is 5.23. The molecular formula is C22H27N3O5. The summed E-state index contributed by atoms with van der Waals surface area (Å²) in [7, 11) is 0. The van der Waals surface area contributed by atoms with Gasteiger partial charge in [0.1, 0.15) is 18.2 Å². The smallest absolute Gasteiger partial charge is 0.412 e. The minimum absolute atomic E-state index is 0.182. The van der Waals surface area contributed by atoms with E-state index in [4.69, 9.17) is 9.84 Å². The SMILES string of the molecule is CC(C)(C)OC(=O)Nc1cccc(CNC(=O)[C@H](NC(=O)CO)c2ccccc2)c1. The highest BCUT2D eigenvalue weighted by molar-refractivity contribution is 5.89. The third-order valence-electron chi connectivity index (χ3n) is 3.88. The van der Waals surface area contributed by atoms with Crippen LogP contribution in [0, 0.1) is 0 Å². The first kappa shape index (κ1) is 22.9. The molecule has 2 aromatic carbocycles. The first-order chi connectivity index (χ1) is 14.2. The highest BCUT2D eigenvalue weighted by Crippen LogP contribution is 2.15. The number of hydrogen-bond donors (Lipinski definition) is 4. The molecular weight excluding hydrogens is 386 g/mol. The number of aliphatic hydroxyl groups excluding tert-OH is 1. The number of nitrogens with one attached hydrogen (secondary N) is 3. The zero-order valence-electron chi connectivity index (χ0n) is 17.3. The molecule has 0 aliphatic heterocycles. The normalized spacial score (nSPS) is 11.9. The Morgan fingerprint density at radius 3 is 2.37 bits per heavy atom. The van der Waals surface area contributed by atoms with Crippen LogP contribution < -0.4 is 16.0 Å². The molecule has 2 aromatic rings. The number of ether oxygens (including phenoxy) is 1. The van der Waals surface area contributed by atoms with Crippen molar-refractivity contribution in [1.29, 1.82) is 0 Å². The first-order valence-electron chi connectivity index (χ1n) is 9.50. The quantitative estimate of drug-likeness (QED) is 0.556. The lowest BCUT2D eigenvalue weighted by Gasteiger charge is -2.20. The molecule has 0 bridgehead atoms. The molecule has 0 unspecified atom stereocenters. The highest BCUT2D eigenvalue weighted by Gasteiger charge is 2.22. The summed E-state index contributed by atoms with van der Waals surface area (Å²) in [5.41, 5.74) is 1.26. The number of benzene rings is 2. The average Bonchev–Trinajstić information content (AvgIpc) is 2.69. The van der Waals surface area contributed by atoms with Crippen molar-refractivity contribution in [1.82, 2.24) is 10.6 Å². The van der Waals surface area contributed by atoms with E-state index < -0.39 is 36.2 Å².